The number of benzene rings is 3. The summed E-state index contributed by atoms with van der Waals surface area (Å²) in [4.78, 5) is 11.0. The SMILES string of the molecule is COc1cccc(CNc2ccc(C(=O)O)cc2)c1OCc1ccc(F)cc1Cl. The van der Waals surface area contributed by atoms with Gasteiger partial charge in [-0.3, -0.25) is 0 Å². The molecule has 0 aromatic heterocycles. The largest absolute Gasteiger partial charge is 0.493 e. The Balaban J connectivity index is 1.75. The molecule has 5 nitrogen and oxygen atoms in total. The van der Waals surface area contributed by atoms with Gasteiger partial charge in [0.25, 0.3) is 0 Å². The highest BCUT2D eigenvalue weighted by Crippen LogP contribution is 2.33. The Kier molecular flexibility index (Phi) is 6.57. The van der Waals surface area contributed by atoms with Crippen molar-refractivity contribution < 1.29 is 23.8 Å². The summed E-state index contributed by atoms with van der Waals surface area (Å²) < 4.78 is 24.6. The fraction of sp³-hybridized carbons (Fsp3) is 0.136. The van der Waals surface area contributed by atoms with Gasteiger partial charge >= 0.3 is 5.97 Å². The van der Waals surface area contributed by atoms with Gasteiger partial charge in [-0.2, -0.15) is 0 Å². The average Bonchev–Trinajstić information content (AvgIpc) is 2.72. The zero-order valence-corrected chi connectivity index (χ0v) is 16.4. The highest BCUT2D eigenvalue weighted by atomic mass is 35.5. The van der Waals surface area contributed by atoms with Gasteiger partial charge < -0.3 is 19.9 Å². The van der Waals surface area contributed by atoms with Crippen molar-refractivity contribution in [3.63, 3.8) is 0 Å². The van der Waals surface area contributed by atoms with E-state index >= 15 is 0 Å². The van der Waals surface area contributed by atoms with Crippen molar-refractivity contribution in [3.8, 4) is 11.5 Å². The number of carboxylic acid groups (broad SMARTS) is 1. The zero-order valence-electron chi connectivity index (χ0n) is 15.6. The van der Waals surface area contributed by atoms with E-state index in [0.29, 0.717) is 23.6 Å². The molecular weight excluding hydrogens is 397 g/mol. The van der Waals surface area contributed by atoms with E-state index in [1.165, 1.54) is 24.3 Å². The number of nitrogens with one attached hydrogen (secondary N) is 1. The van der Waals surface area contributed by atoms with Crippen molar-refractivity contribution in [2.24, 2.45) is 0 Å². The van der Waals surface area contributed by atoms with Crippen molar-refractivity contribution in [3.05, 3.63) is 88.2 Å². The smallest absolute Gasteiger partial charge is 0.335 e. The maximum absolute atomic E-state index is 13.2. The molecule has 3 aromatic carbocycles. The number of carboxylic acids is 1. The van der Waals surface area contributed by atoms with Gasteiger partial charge in [0.2, 0.25) is 0 Å². The van der Waals surface area contributed by atoms with Crippen LogP contribution in [0.1, 0.15) is 21.5 Å². The normalized spacial score (nSPS) is 10.4. The predicted molar refractivity (Wildman–Crippen MR) is 109 cm³/mol. The van der Waals surface area contributed by atoms with E-state index in [0.717, 1.165) is 11.3 Å². The van der Waals surface area contributed by atoms with Crippen molar-refractivity contribution >= 4 is 23.3 Å². The molecular formula is C22H19ClFNO4. The average molecular weight is 416 g/mol. The minimum atomic E-state index is -0.973. The summed E-state index contributed by atoms with van der Waals surface area (Å²) in [6, 6.07) is 16.1. The molecule has 0 fully saturated rings. The Morgan fingerprint density at radius 3 is 2.52 bits per heavy atom. The Morgan fingerprint density at radius 1 is 1.10 bits per heavy atom. The Morgan fingerprint density at radius 2 is 1.86 bits per heavy atom. The third kappa shape index (κ3) is 5.18. The topological polar surface area (TPSA) is 67.8 Å². The monoisotopic (exact) mass is 415 g/mol. The van der Waals surface area contributed by atoms with Crippen LogP contribution in [0.15, 0.2) is 60.7 Å². The lowest BCUT2D eigenvalue weighted by molar-refractivity contribution is 0.0697. The van der Waals surface area contributed by atoms with Gasteiger partial charge in [0.15, 0.2) is 11.5 Å². The molecule has 0 aliphatic heterocycles. The summed E-state index contributed by atoms with van der Waals surface area (Å²) in [5.41, 5.74) is 2.48. The first kappa shape index (κ1) is 20.5. The molecule has 3 aromatic rings. The van der Waals surface area contributed by atoms with Gasteiger partial charge in [-0.1, -0.05) is 29.8 Å². The summed E-state index contributed by atoms with van der Waals surface area (Å²) in [5, 5.41) is 12.5. The molecule has 0 atom stereocenters. The van der Waals surface area contributed by atoms with E-state index in [1.54, 1.807) is 31.4 Å². The minimum Gasteiger partial charge on any atom is -0.493 e. The second kappa shape index (κ2) is 9.30. The fourth-order valence-corrected chi connectivity index (χ4v) is 2.96. The fourth-order valence-electron chi connectivity index (χ4n) is 2.74. The number of methoxy groups -OCH3 is 1. The second-order valence-electron chi connectivity index (χ2n) is 6.21. The molecule has 0 bridgehead atoms. The van der Waals surface area contributed by atoms with E-state index in [9.17, 15) is 9.18 Å². The van der Waals surface area contributed by atoms with E-state index in [-0.39, 0.29) is 17.2 Å². The number of rotatable bonds is 8. The number of hydrogen-bond donors (Lipinski definition) is 2. The quantitative estimate of drug-likeness (QED) is 0.517. The van der Waals surface area contributed by atoms with Crippen LogP contribution in [-0.4, -0.2) is 18.2 Å². The van der Waals surface area contributed by atoms with Gasteiger partial charge in [-0.05, 0) is 42.5 Å². The summed E-state index contributed by atoms with van der Waals surface area (Å²) in [6.07, 6.45) is 0. The van der Waals surface area contributed by atoms with E-state index in [1.807, 2.05) is 12.1 Å². The van der Waals surface area contributed by atoms with Gasteiger partial charge in [-0.25, -0.2) is 9.18 Å². The second-order valence-corrected chi connectivity index (χ2v) is 6.62. The molecule has 0 aliphatic carbocycles. The van der Waals surface area contributed by atoms with Gasteiger partial charge in [0, 0.05) is 23.4 Å². The number of halogens is 2. The lowest BCUT2D eigenvalue weighted by Gasteiger charge is -2.16. The molecule has 2 N–H and O–H groups in total. The molecule has 0 saturated carbocycles. The van der Waals surface area contributed by atoms with Crippen molar-refractivity contribution in [1.29, 1.82) is 0 Å². The number of ether oxygens (including phenoxy) is 2. The van der Waals surface area contributed by atoms with Crippen LogP contribution in [0.2, 0.25) is 5.02 Å². The number of anilines is 1. The Labute approximate surface area is 172 Å². The molecule has 0 aliphatic rings. The maximum Gasteiger partial charge on any atom is 0.335 e. The molecule has 7 heteroatoms. The molecule has 0 spiro atoms. The molecule has 150 valence electrons. The van der Waals surface area contributed by atoms with Crippen molar-refractivity contribution in [2.75, 3.05) is 12.4 Å². The van der Waals surface area contributed by atoms with Gasteiger partial charge in [-0.15, -0.1) is 0 Å². The first-order chi connectivity index (χ1) is 14.0. The number of para-hydroxylation sites is 1. The van der Waals surface area contributed by atoms with Crippen LogP contribution in [0.4, 0.5) is 10.1 Å². The van der Waals surface area contributed by atoms with E-state index in [2.05, 4.69) is 5.32 Å². The Hall–Kier alpha value is -3.25. The molecule has 0 saturated heterocycles. The van der Waals surface area contributed by atoms with Gasteiger partial charge in [0.1, 0.15) is 12.4 Å². The minimum absolute atomic E-state index is 0.153. The van der Waals surface area contributed by atoms with Crippen molar-refractivity contribution in [1.82, 2.24) is 0 Å². The molecule has 0 heterocycles. The standard InChI is InChI=1S/C22H19ClFNO4/c1-28-20-4-2-3-15(12-25-18-9-6-14(7-10-18)22(26)27)21(20)29-13-16-5-8-17(24)11-19(16)23/h2-11,25H,12-13H2,1H3,(H,26,27). The summed E-state index contributed by atoms with van der Waals surface area (Å²) in [7, 11) is 1.55. The van der Waals surface area contributed by atoms with Crippen LogP contribution in [0, 0.1) is 5.82 Å². The van der Waals surface area contributed by atoms with Crippen molar-refractivity contribution in [2.45, 2.75) is 13.2 Å². The molecule has 0 radical (unpaired) electrons. The highest BCUT2D eigenvalue weighted by molar-refractivity contribution is 6.31. The number of carbonyl (C=O) groups is 1. The summed E-state index contributed by atoms with van der Waals surface area (Å²) in [5.74, 6) is -0.275. The van der Waals surface area contributed by atoms with Gasteiger partial charge in [0.05, 0.1) is 17.7 Å². The first-order valence-electron chi connectivity index (χ1n) is 8.77. The lowest BCUT2D eigenvalue weighted by Crippen LogP contribution is -2.06. The molecule has 0 amide bonds. The predicted octanol–water partition coefficient (Wildman–Crippen LogP) is 5.38. The maximum atomic E-state index is 13.2. The highest BCUT2D eigenvalue weighted by Gasteiger charge is 2.12. The van der Waals surface area contributed by atoms with Crippen LogP contribution in [0.25, 0.3) is 0 Å². The molecule has 0 unspecified atom stereocenters. The van der Waals surface area contributed by atoms with E-state index in [4.69, 9.17) is 26.2 Å². The first-order valence-corrected chi connectivity index (χ1v) is 9.15. The third-order valence-corrected chi connectivity index (χ3v) is 4.63. The number of hydrogen-bond acceptors (Lipinski definition) is 4. The summed E-state index contributed by atoms with van der Waals surface area (Å²) in [6.45, 7) is 0.579. The zero-order chi connectivity index (χ0) is 20.8. The number of aromatic carboxylic acids is 1. The van der Waals surface area contributed by atoms with Crippen LogP contribution in [0.3, 0.4) is 0 Å². The third-order valence-electron chi connectivity index (χ3n) is 4.28. The van der Waals surface area contributed by atoms with Crippen LogP contribution < -0.4 is 14.8 Å². The van der Waals surface area contributed by atoms with E-state index < -0.39 is 11.8 Å². The molecule has 3 rings (SSSR count). The summed E-state index contributed by atoms with van der Waals surface area (Å²) >= 11 is 6.08. The molecule has 29 heavy (non-hydrogen) atoms. The lowest BCUT2D eigenvalue weighted by atomic mass is 10.1. The van der Waals surface area contributed by atoms with Crippen LogP contribution in [0.5, 0.6) is 11.5 Å². The van der Waals surface area contributed by atoms with Crippen LogP contribution in [-0.2, 0) is 13.2 Å². The van der Waals surface area contributed by atoms with Crippen LogP contribution >= 0.6 is 11.6 Å². The Bertz CT molecular complexity index is 1010.